The summed E-state index contributed by atoms with van der Waals surface area (Å²) in [5, 5.41) is 4.63. The number of aromatic nitrogens is 2. The molecular weight excluding hydrogens is 452 g/mol. The zero-order valence-electron chi connectivity index (χ0n) is 21.7. The average molecular weight is 487 g/mol. The van der Waals surface area contributed by atoms with Crippen LogP contribution in [0.25, 0.3) is 11.8 Å². The Hall–Kier alpha value is -3.58. The molecule has 7 nitrogen and oxygen atoms in total. The van der Waals surface area contributed by atoms with E-state index >= 15 is 0 Å². The molecule has 3 aromatic rings. The highest BCUT2D eigenvalue weighted by Crippen LogP contribution is 2.41. The Morgan fingerprint density at radius 1 is 1.14 bits per heavy atom. The monoisotopic (exact) mass is 486 g/mol. The van der Waals surface area contributed by atoms with Crippen LogP contribution in [0.1, 0.15) is 49.1 Å². The summed E-state index contributed by atoms with van der Waals surface area (Å²) in [6.07, 6.45) is 8.01. The van der Waals surface area contributed by atoms with Crippen LogP contribution in [-0.2, 0) is 15.3 Å². The third-order valence-electron chi connectivity index (χ3n) is 6.74. The predicted molar refractivity (Wildman–Crippen MR) is 141 cm³/mol. The van der Waals surface area contributed by atoms with Crippen molar-refractivity contribution in [3.8, 4) is 11.4 Å². The lowest BCUT2D eigenvalue weighted by atomic mass is 9.94. The van der Waals surface area contributed by atoms with Crippen molar-refractivity contribution in [3.05, 3.63) is 82.9 Å². The van der Waals surface area contributed by atoms with Crippen molar-refractivity contribution in [2.45, 2.75) is 52.4 Å². The number of amidine groups is 1. The van der Waals surface area contributed by atoms with Crippen molar-refractivity contribution in [1.29, 1.82) is 0 Å². The van der Waals surface area contributed by atoms with Gasteiger partial charge in [0, 0.05) is 18.3 Å². The molecule has 1 aromatic heterocycles. The molecule has 0 bridgehead atoms. The Morgan fingerprint density at radius 3 is 2.64 bits per heavy atom. The van der Waals surface area contributed by atoms with Crippen LogP contribution in [0.4, 0.5) is 0 Å². The first kappa shape index (κ1) is 24.1. The highest BCUT2D eigenvalue weighted by Gasteiger charge is 2.50. The van der Waals surface area contributed by atoms with Gasteiger partial charge in [0.1, 0.15) is 12.4 Å². The van der Waals surface area contributed by atoms with E-state index in [0.717, 1.165) is 59.1 Å². The number of hydrogen-bond acceptors (Lipinski definition) is 6. The van der Waals surface area contributed by atoms with Gasteiger partial charge >= 0.3 is 0 Å². The molecule has 0 aliphatic carbocycles. The number of piperidine rings is 1. The molecule has 188 valence electrons. The van der Waals surface area contributed by atoms with E-state index in [1.807, 2.05) is 31.5 Å². The SMILES string of the molecule is COc1cc(/C=C2\CCCN3C2=NOC3(COC(C)C)c2ccc(C)cc2)ccc1-n1cnc(C)c1. The minimum absolute atomic E-state index is 0.0880. The molecule has 1 fully saturated rings. The van der Waals surface area contributed by atoms with Crippen molar-refractivity contribution in [2.24, 2.45) is 5.16 Å². The number of ether oxygens (including phenoxy) is 2. The van der Waals surface area contributed by atoms with Crippen LogP contribution >= 0.6 is 0 Å². The summed E-state index contributed by atoms with van der Waals surface area (Å²) in [6.45, 7) is 9.42. The van der Waals surface area contributed by atoms with Gasteiger partial charge in [-0.15, -0.1) is 0 Å². The first-order valence-electron chi connectivity index (χ1n) is 12.5. The average Bonchev–Trinajstić information content (AvgIpc) is 3.48. The Bertz CT molecular complexity index is 1290. The summed E-state index contributed by atoms with van der Waals surface area (Å²) in [7, 11) is 1.70. The van der Waals surface area contributed by atoms with Gasteiger partial charge in [0.2, 0.25) is 0 Å². The number of nitrogens with zero attached hydrogens (tertiary/aromatic N) is 4. The Labute approximate surface area is 213 Å². The molecule has 2 aliphatic heterocycles. The zero-order valence-corrected chi connectivity index (χ0v) is 21.7. The molecule has 0 spiro atoms. The maximum absolute atomic E-state index is 6.27. The molecule has 0 radical (unpaired) electrons. The Kier molecular flexibility index (Phi) is 6.58. The maximum atomic E-state index is 6.27. The van der Waals surface area contributed by atoms with Crippen molar-refractivity contribution in [1.82, 2.24) is 14.5 Å². The number of hydrogen-bond donors (Lipinski definition) is 0. The van der Waals surface area contributed by atoms with E-state index in [4.69, 9.17) is 14.3 Å². The van der Waals surface area contributed by atoms with Crippen molar-refractivity contribution in [2.75, 3.05) is 20.3 Å². The molecule has 2 aromatic carbocycles. The fourth-order valence-corrected chi connectivity index (χ4v) is 4.82. The third-order valence-corrected chi connectivity index (χ3v) is 6.74. The van der Waals surface area contributed by atoms with Gasteiger partial charge in [0.15, 0.2) is 5.84 Å². The van der Waals surface area contributed by atoms with E-state index in [1.54, 1.807) is 13.4 Å². The summed E-state index contributed by atoms with van der Waals surface area (Å²) >= 11 is 0. The van der Waals surface area contributed by atoms with Crippen LogP contribution in [0.5, 0.6) is 5.75 Å². The molecule has 1 unspecified atom stereocenters. The van der Waals surface area contributed by atoms with Gasteiger partial charge in [-0.1, -0.05) is 41.1 Å². The second-order valence-corrected chi connectivity index (χ2v) is 9.79. The number of rotatable bonds is 7. The van der Waals surface area contributed by atoms with E-state index < -0.39 is 5.72 Å². The molecule has 1 atom stereocenters. The Balaban J connectivity index is 1.47. The number of imidazole rings is 1. The van der Waals surface area contributed by atoms with Gasteiger partial charge in [-0.25, -0.2) is 4.98 Å². The van der Waals surface area contributed by atoms with Crippen LogP contribution in [0.15, 0.2) is 65.7 Å². The summed E-state index contributed by atoms with van der Waals surface area (Å²) < 4.78 is 13.8. The molecule has 5 rings (SSSR count). The fraction of sp³-hybridized carbons (Fsp3) is 0.379. The van der Waals surface area contributed by atoms with E-state index in [9.17, 15) is 0 Å². The van der Waals surface area contributed by atoms with Crippen LogP contribution < -0.4 is 4.74 Å². The maximum Gasteiger partial charge on any atom is 0.260 e. The van der Waals surface area contributed by atoms with Crippen molar-refractivity contribution < 1.29 is 14.3 Å². The van der Waals surface area contributed by atoms with Crippen LogP contribution in [0.3, 0.4) is 0 Å². The second-order valence-electron chi connectivity index (χ2n) is 9.79. The third kappa shape index (κ3) is 4.51. The normalized spacial score (nSPS) is 20.4. The molecule has 7 heteroatoms. The van der Waals surface area contributed by atoms with Gasteiger partial charge in [-0.05, 0) is 69.9 Å². The molecule has 0 saturated carbocycles. The van der Waals surface area contributed by atoms with Gasteiger partial charge in [-0.2, -0.15) is 0 Å². The summed E-state index contributed by atoms with van der Waals surface area (Å²) in [5.41, 5.74) is 5.61. The lowest BCUT2D eigenvalue weighted by Gasteiger charge is -2.40. The molecule has 0 N–H and O–H groups in total. The first-order chi connectivity index (χ1) is 17.4. The van der Waals surface area contributed by atoms with E-state index in [-0.39, 0.29) is 6.10 Å². The van der Waals surface area contributed by atoms with E-state index in [0.29, 0.717) is 6.61 Å². The van der Waals surface area contributed by atoms with Gasteiger partial charge in [0.25, 0.3) is 5.72 Å². The van der Waals surface area contributed by atoms with E-state index in [1.165, 1.54) is 5.56 Å². The van der Waals surface area contributed by atoms with Crippen LogP contribution in [0.2, 0.25) is 0 Å². The van der Waals surface area contributed by atoms with Crippen LogP contribution in [0, 0.1) is 13.8 Å². The standard InChI is InChI=1S/C29H34N4O3/c1-20(2)35-18-29(25-11-8-21(3)9-12-25)33-14-6-7-24(28(33)31-36-29)15-23-10-13-26(27(16-23)34-5)32-17-22(4)30-19-32/h8-13,15-17,19-20H,6-7,14,18H2,1-5H3/b24-15+. The number of methoxy groups -OCH3 is 1. The molecule has 36 heavy (non-hydrogen) atoms. The smallest absolute Gasteiger partial charge is 0.260 e. The van der Waals surface area contributed by atoms with Crippen molar-refractivity contribution >= 4 is 11.9 Å². The van der Waals surface area contributed by atoms with Gasteiger partial charge in [0.05, 0.1) is 30.9 Å². The lowest BCUT2D eigenvalue weighted by Crippen LogP contribution is -2.52. The highest BCUT2D eigenvalue weighted by molar-refractivity contribution is 6.03. The number of oxime groups is 1. The molecule has 1 saturated heterocycles. The molecule has 2 aliphatic rings. The highest BCUT2D eigenvalue weighted by atomic mass is 16.7. The number of fused-ring (bicyclic) bond motifs is 1. The summed E-state index contributed by atoms with van der Waals surface area (Å²) in [6, 6.07) is 14.7. The van der Waals surface area contributed by atoms with Crippen LogP contribution in [-0.4, -0.2) is 46.7 Å². The predicted octanol–water partition coefficient (Wildman–Crippen LogP) is 5.60. The summed E-state index contributed by atoms with van der Waals surface area (Å²) in [4.78, 5) is 12.9. The zero-order chi connectivity index (χ0) is 25.3. The minimum atomic E-state index is -0.770. The topological polar surface area (TPSA) is 61.1 Å². The first-order valence-corrected chi connectivity index (χ1v) is 12.5. The number of benzene rings is 2. The van der Waals surface area contributed by atoms with Gasteiger partial charge in [-0.3, -0.25) is 0 Å². The van der Waals surface area contributed by atoms with Crippen molar-refractivity contribution in [3.63, 3.8) is 0 Å². The second kappa shape index (κ2) is 9.82. The number of aryl methyl sites for hydroxylation is 2. The van der Waals surface area contributed by atoms with Gasteiger partial charge < -0.3 is 23.8 Å². The minimum Gasteiger partial charge on any atom is -0.495 e. The quantitative estimate of drug-likeness (QED) is 0.435. The molecule has 0 amide bonds. The van der Waals surface area contributed by atoms with E-state index in [2.05, 4.69) is 70.5 Å². The fourth-order valence-electron chi connectivity index (χ4n) is 4.82. The largest absolute Gasteiger partial charge is 0.495 e. The Morgan fingerprint density at radius 2 is 1.94 bits per heavy atom. The summed E-state index contributed by atoms with van der Waals surface area (Å²) in [5.74, 6) is 1.67. The lowest BCUT2D eigenvalue weighted by molar-refractivity contribution is -0.160. The molecular formula is C29H34N4O3. The molecule has 3 heterocycles.